The Hall–Kier alpha value is -0.670. The number of alkyl halides is 2. The van der Waals surface area contributed by atoms with Crippen LogP contribution in [0.4, 0.5) is 8.78 Å². The average Bonchev–Trinajstić information content (AvgIpc) is 1.87. The van der Waals surface area contributed by atoms with Gasteiger partial charge in [-0.2, -0.15) is 0 Å². The van der Waals surface area contributed by atoms with E-state index in [1.54, 1.807) is 0 Å². The molecule has 12 heavy (non-hydrogen) atoms. The van der Waals surface area contributed by atoms with Gasteiger partial charge in [-0.3, -0.25) is 4.79 Å². The van der Waals surface area contributed by atoms with Crippen LogP contribution < -0.4 is 0 Å². The van der Waals surface area contributed by atoms with Gasteiger partial charge in [-0.1, -0.05) is 13.8 Å². The van der Waals surface area contributed by atoms with E-state index in [1.165, 1.54) is 13.8 Å². The number of hydrogen-bond acceptors (Lipinski definition) is 1. The normalized spacial score (nSPS) is 13.1. The second-order valence-corrected chi connectivity index (χ2v) is 2.98. The molecule has 1 N–H and O–H groups in total. The van der Waals surface area contributed by atoms with Crippen LogP contribution in [0.3, 0.4) is 0 Å². The van der Waals surface area contributed by atoms with E-state index in [0.717, 1.165) is 0 Å². The molecule has 0 aliphatic heterocycles. The zero-order chi connectivity index (χ0) is 9.99. The summed E-state index contributed by atoms with van der Waals surface area (Å²) in [4.78, 5) is 10.7. The summed E-state index contributed by atoms with van der Waals surface area (Å²) in [5, 5.41) is 8.68. The predicted octanol–water partition coefficient (Wildman–Crippen LogP) is 2.53. The zero-order valence-corrected chi connectivity index (χ0v) is 7.53. The van der Waals surface area contributed by atoms with Crippen molar-refractivity contribution in [2.45, 2.75) is 39.5 Å². The van der Waals surface area contributed by atoms with Crippen LogP contribution in [0.5, 0.6) is 0 Å². The molecule has 0 saturated heterocycles. The molecule has 0 aromatic heterocycles. The van der Waals surface area contributed by atoms with Gasteiger partial charge in [0, 0.05) is 6.92 Å². The van der Waals surface area contributed by atoms with E-state index in [4.69, 9.17) is 5.11 Å². The van der Waals surface area contributed by atoms with E-state index >= 15 is 0 Å². The molecule has 0 bridgehead atoms. The number of carboxylic acid groups (broad SMARTS) is 1. The SMILES string of the molecule is CCC(CC)(C(=O)O)C(C)(F)F. The molecule has 0 radical (unpaired) electrons. The van der Waals surface area contributed by atoms with Gasteiger partial charge in [0.2, 0.25) is 0 Å². The summed E-state index contributed by atoms with van der Waals surface area (Å²) in [6.07, 6.45) is -0.106. The van der Waals surface area contributed by atoms with Gasteiger partial charge < -0.3 is 5.11 Å². The number of rotatable bonds is 4. The minimum absolute atomic E-state index is 0.0532. The molecule has 0 atom stereocenters. The van der Waals surface area contributed by atoms with Crippen molar-refractivity contribution < 1.29 is 18.7 Å². The maximum absolute atomic E-state index is 12.9. The van der Waals surface area contributed by atoms with Crippen LogP contribution in [0, 0.1) is 5.41 Å². The van der Waals surface area contributed by atoms with Gasteiger partial charge in [-0.25, -0.2) is 8.78 Å². The molecule has 72 valence electrons. The Kier molecular flexibility index (Phi) is 3.18. The molecule has 0 aliphatic rings. The number of carbonyl (C=O) groups is 1. The van der Waals surface area contributed by atoms with Crippen LogP contribution in [0.25, 0.3) is 0 Å². The third kappa shape index (κ3) is 1.57. The fourth-order valence-corrected chi connectivity index (χ4v) is 1.36. The summed E-state index contributed by atoms with van der Waals surface area (Å²) in [7, 11) is 0. The summed E-state index contributed by atoms with van der Waals surface area (Å²) in [6.45, 7) is 3.60. The summed E-state index contributed by atoms with van der Waals surface area (Å²) < 4.78 is 25.8. The molecule has 0 fully saturated rings. The van der Waals surface area contributed by atoms with Gasteiger partial charge in [0.15, 0.2) is 0 Å². The minimum Gasteiger partial charge on any atom is -0.481 e. The average molecular weight is 180 g/mol. The summed E-state index contributed by atoms with van der Waals surface area (Å²) in [6, 6.07) is 0. The van der Waals surface area contributed by atoms with Crippen molar-refractivity contribution in [3.8, 4) is 0 Å². The second-order valence-electron chi connectivity index (χ2n) is 2.98. The standard InChI is InChI=1S/C8H14F2O2/c1-4-8(5-2,6(11)12)7(3,9)10/h4-5H2,1-3H3,(H,11,12). The summed E-state index contributed by atoms with van der Waals surface area (Å²) in [5.74, 6) is -4.58. The van der Waals surface area contributed by atoms with Crippen molar-refractivity contribution in [3.05, 3.63) is 0 Å². The topological polar surface area (TPSA) is 37.3 Å². The molecule has 4 heteroatoms. The van der Waals surface area contributed by atoms with E-state index in [1.807, 2.05) is 0 Å². The number of aliphatic carboxylic acids is 1. The smallest absolute Gasteiger partial charge is 0.315 e. The highest BCUT2D eigenvalue weighted by Gasteiger charge is 2.53. The fraction of sp³-hybridized carbons (Fsp3) is 0.875. The van der Waals surface area contributed by atoms with Gasteiger partial charge in [0.1, 0.15) is 5.41 Å². The van der Waals surface area contributed by atoms with Crippen molar-refractivity contribution in [2.75, 3.05) is 0 Å². The molecule has 0 aromatic rings. The maximum atomic E-state index is 12.9. The van der Waals surface area contributed by atoms with E-state index in [0.29, 0.717) is 6.92 Å². The number of hydrogen-bond donors (Lipinski definition) is 1. The Labute approximate surface area is 70.6 Å². The molecule has 0 heterocycles. The molecule has 0 saturated carbocycles. The highest BCUT2D eigenvalue weighted by molar-refractivity contribution is 5.75. The Morgan fingerprint density at radius 2 is 1.67 bits per heavy atom. The van der Waals surface area contributed by atoms with Crippen LogP contribution in [-0.4, -0.2) is 17.0 Å². The van der Waals surface area contributed by atoms with Crippen LogP contribution in [0.2, 0.25) is 0 Å². The van der Waals surface area contributed by atoms with Crippen molar-refractivity contribution in [1.29, 1.82) is 0 Å². The summed E-state index contributed by atoms with van der Waals surface area (Å²) >= 11 is 0. The first-order chi connectivity index (χ1) is 5.31. The van der Waals surface area contributed by atoms with Gasteiger partial charge in [-0.15, -0.1) is 0 Å². The van der Waals surface area contributed by atoms with Crippen molar-refractivity contribution in [1.82, 2.24) is 0 Å². The largest absolute Gasteiger partial charge is 0.481 e. The Balaban J connectivity index is 4.97. The maximum Gasteiger partial charge on any atom is 0.315 e. The van der Waals surface area contributed by atoms with Crippen molar-refractivity contribution >= 4 is 5.97 Å². The van der Waals surface area contributed by atoms with Crippen molar-refractivity contribution in [2.24, 2.45) is 5.41 Å². The monoisotopic (exact) mass is 180 g/mol. The van der Waals surface area contributed by atoms with Gasteiger partial charge in [0.05, 0.1) is 0 Å². The highest BCUT2D eigenvalue weighted by atomic mass is 19.3. The Bertz CT molecular complexity index is 168. The number of carboxylic acids is 1. The highest BCUT2D eigenvalue weighted by Crippen LogP contribution is 2.42. The minimum atomic E-state index is -3.16. The van der Waals surface area contributed by atoms with E-state index in [-0.39, 0.29) is 12.8 Å². The van der Waals surface area contributed by atoms with Crippen LogP contribution >= 0.6 is 0 Å². The first-order valence-corrected chi connectivity index (χ1v) is 3.93. The van der Waals surface area contributed by atoms with Crippen LogP contribution in [0.15, 0.2) is 0 Å². The van der Waals surface area contributed by atoms with E-state index in [9.17, 15) is 13.6 Å². The zero-order valence-electron chi connectivity index (χ0n) is 7.53. The first-order valence-electron chi connectivity index (χ1n) is 3.93. The molecular formula is C8H14F2O2. The molecule has 0 rings (SSSR count). The molecular weight excluding hydrogens is 166 g/mol. The lowest BCUT2D eigenvalue weighted by Gasteiger charge is -2.32. The predicted molar refractivity (Wildman–Crippen MR) is 41.3 cm³/mol. The molecule has 0 amide bonds. The van der Waals surface area contributed by atoms with Gasteiger partial charge >= 0.3 is 5.97 Å². The lowest BCUT2D eigenvalue weighted by atomic mass is 9.77. The molecule has 0 aliphatic carbocycles. The van der Waals surface area contributed by atoms with Crippen LogP contribution in [0.1, 0.15) is 33.6 Å². The molecule has 2 nitrogen and oxygen atoms in total. The third-order valence-electron chi connectivity index (χ3n) is 2.46. The second kappa shape index (κ2) is 3.37. The third-order valence-corrected chi connectivity index (χ3v) is 2.46. The lowest BCUT2D eigenvalue weighted by molar-refractivity contribution is -0.177. The van der Waals surface area contributed by atoms with Crippen LogP contribution in [-0.2, 0) is 4.79 Å². The van der Waals surface area contributed by atoms with Gasteiger partial charge in [-0.05, 0) is 12.8 Å². The lowest BCUT2D eigenvalue weighted by Crippen LogP contribution is -2.44. The van der Waals surface area contributed by atoms with E-state index in [2.05, 4.69) is 0 Å². The van der Waals surface area contributed by atoms with E-state index < -0.39 is 17.3 Å². The summed E-state index contributed by atoms with van der Waals surface area (Å²) in [5.41, 5.74) is -1.90. The fourth-order valence-electron chi connectivity index (χ4n) is 1.36. The Morgan fingerprint density at radius 1 is 1.33 bits per heavy atom. The number of halogens is 2. The Morgan fingerprint density at radius 3 is 1.67 bits per heavy atom. The first kappa shape index (κ1) is 11.3. The molecule has 0 unspecified atom stereocenters. The quantitative estimate of drug-likeness (QED) is 0.721. The van der Waals surface area contributed by atoms with Crippen molar-refractivity contribution in [3.63, 3.8) is 0 Å². The molecule has 0 spiro atoms. The molecule has 0 aromatic carbocycles. The van der Waals surface area contributed by atoms with Gasteiger partial charge in [0.25, 0.3) is 5.92 Å².